The van der Waals surface area contributed by atoms with E-state index in [1.807, 2.05) is 32.9 Å². The van der Waals surface area contributed by atoms with Crippen molar-refractivity contribution in [2.45, 2.75) is 27.1 Å². The summed E-state index contributed by atoms with van der Waals surface area (Å²) in [5, 5.41) is 15.2. The molecule has 0 aromatic heterocycles. The zero-order valence-corrected chi connectivity index (χ0v) is 16.7. The Morgan fingerprint density at radius 3 is 1.32 bits per heavy atom. The topological polar surface area (TPSA) is 93.1 Å². The number of carbonyl (C=O) groups is 2. The van der Waals surface area contributed by atoms with Gasteiger partial charge in [-0.3, -0.25) is 9.59 Å². The Morgan fingerprint density at radius 1 is 0.750 bits per heavy atom. The van der Waals surface area contributed by atoms with Gasteiger partial charge in [-0.2, -0.15) is 0 Å². The molecule has 0 bridgehead atoms. The molecule has 0 aliphatic heterocycles. The lowest BCUT2D eigenvalue weighted by Gasteiger charge is -2.09. The quantitative estimate of drug-likeness (QED) is 0.409. The monoisotopic (exact) mass is 390 g/mol. The van der Waals surface area contributed by atoms with Crippen LogP contribution in [0.1, 0.15) is 41.5 Å². The van der Waals surface area contributed by atoms with Crippen molar-refractivity contribution in [2.75, 3.05) is 26.4 Å². The van der Waals surface area contributed by atoms with E-state index >= 15 is 0 Å². The number of hydrogen-bond donors (Lipinski definition) is 2. The number of aliphatic hydroxyl groups is 2. The molecule has 2 rings (SSSR count). The molecular formula is C22H30O6. The van der Waals surface area contributed by atoms with Gasteiger partial charge in [0.25, 0.3) is 0 Å². The van der Waals surface area contributed by atoms with Crippen molar-refractivity contribution in [1.82, 2.24) is 0 Å². The van der Waals surface area contributed by atoms with Crippen LogP contribution in [0.4, 0.5) is 0 Å². The Labute approximate surface area is 166 Å². The highest BCUT2D eigenvalue weighted by atomic mass is 16.7. The van der Waals surface area contributed by atoms with Gasteiger partial charge >= 0.3 is 0 Å². The zero-order chi connectivity index (χ0) is 21.2. The van der Waals surface area contributed by atoms with Gasteiger partial charge in [0.15, 0.2) is 6.29 Å². The van der Waals surface area contributed by atoms with Crippen molar-refractivity contribution in [1.29, 1.82) is 0 Å². The summed E-state index contributed by atoms with van der Waals surface area (Å²) >= 11 is 0. The highest BCUT2D eigenvalue weighted by Crippen LogP contribution is 2.07. The third kappa shape index (κ3) is 11.4. The molecule has 6 nitrogen and oxygen atoms in total. The smallest absolute Gasteiger partial charge is 0.233 e. The van der Waals surface area contributed by atoms with Gasteiger partial charge in [0, 0.05) is 24.3 Å². The van der Waals surface area contributed by atoms with E-state index in [1.165, 1.54) is 0 Å². The van der Waals surface area contributed by atoms with Gasteiger partial charge in [0.1, 0.15) is 0 Å². The Kier molecular flexibility index (Phi) is 15.3. The first-order valence-electron chi connectivity index (χ1n) is 9.15. The summed E-state index contributed by atoms with van der Waals surface area (Å²) in [5.74, 6) is -0.932. The Morgan fingerprint density at radius 2 is 1.07 bits per heavy atom. The maximum absolute atomic E-state index is 11.8. The van der Waals surface area contributed by atoms with Crippen molar-refractivity contribution in [3.05, 3.63) is 71.8 Å². The molecule has 0 heterocycles. The molecule has 28 heavy (non-hydrogen) atoms. The molecule has 154 valence electrons. The predicted octanol–water partition coefficient (Wildman–Crippen LogP) is 3.13. The molecule has 0 aliphatic rings. The van der Waals surface area contributed by atoms with E-state index in [0.717, 1.165) is 13.2 Å². The largest absolute Gasteiger partial charge is 0.394 e. The standard InChI is InChI=1S/C14H10O2.C6H14O2.C2H6O2/c15-13(11-7-3-1-4-8-11)14(16)12-9-5-2-6-10-12;1-4-7-6(3)8-5-2;3-1-2-4/h1-10H;6H,4-5H2,1-3H3;3-4H,1-2H2. The highest BCUT2D eigenvalue weighted by Gasteiger charge is 2.17. The molecule has 0 aliphatic carbocycles. The third-order valence-corrected chi connectivity index (χ3v) is 3.18. The van der Waals surface area contributed by atoms with Crippen LogP contribution >= 0.6 is 0 Å². The molecule has 6 heteroatoms. The van der Waals surface area contributed by atoms with Gasteiger partial charge in [-0.15, -0.1) is 0 Å². The van der Waals surface area contributed by atoms with Crippen LogP contribution in [0.15, 0.2) is 60.7 Å². The van der Waals surface area contributed by atoms with E-state index in [2.05, 4.69) is 0 Å². The predicted molar refractivity (Wildman–Crippen MR) is 108 cm³/mol. The van der Waals surface area contributed by atoms with Crippen LogP contribution in [0.5, 0.6) is 0 Å². The normalized spacial score (nSPS) is 9.64. The number of ketones is 2. The minimum atomic E-state index is -0.466. The summed E-state index contributed by atoms with van der Waals surface area (Å²) in [6.07, 6.45) is -0.0370. The molecule has 0 atom stereocenters. The number of carbonyl (C=O) groups excluding carboxylic acids is 2. The maximum atomic E-state index is 11.8. The third-order valence-electron chi connectivity index (χ3n) is 3.18. The number of ether oxygens (including phenoxy) is 2. The van der Waals surface area contributed by atoms with Gasteiger partial charge in [0.05, 0.1) is 13.2 Å². The molecule has 2 aromatic carbocycles. The lowest BCUT2D eigenvalue weighted by Crippen LogP contribution is -2.14. The fourth-order valence-corrected chi connectivity index (χ4v) is 1.96. The lowest BCUT2D eigenvalue weighted by atomic mass is 10.0. The van der Waals surface area contributed by atoms with Gasteiger partial charge in [-0.25, -0.2) is 0 Å². The average molecular weight is 390 g/mol. The van der Waals surface area contributed by atoms with Crippen LogP contribution in [0.2, 0.25) is 0 Å². The van der Waals surface area contributed by atoms with Crippen LogP contribution in [0.25, 0.3) is 0 Å². The number of aliphatic hydroxyl groups excluding tert-OH is 2. The second kappa shape index (κ2) is 16.8. The summed E-state index contributed by atoms with van der Waals surface area (Å²) in [4.78, 5) is 23.6. The molecule has 0 radical (unpaired) electrons. The first kappa shape index (κ1) is 25.6. The lowest BCUT2D eigenvalue weighted by molar-refractivity contribution is -0.123. The average Bonchev–Trinajstić information content (AvgIpc) is 2.75. The Hall–Kier alpha value is -2.38. The summed E-state index contributed by atoms with van der Waals surface area (Å²) in [6.45, 7) is 7.00. The molecule has 2 aromatic rings. The molecule has 0 saturated carbocycles. The van der Waals surface area contributed by atoms with Crippen LogP contribution in [-0.2, 0) is 9.47 Å². The second-order valence-electron chi connectivity index (χ2n) is 5.32. The van der Waals surface area contributed by atoms with Crippen molar-refractivity contribution in [2.24, 2.45) is 0 Å². The molecule has 0 fully saturated rings. The minimum absolute atomic E-state index is 0.0370. The maximum Gasteiger partial charge on any atom is 0.233 e. The number of hydrogen-bond acceptors (Lipinski definition) is 6. The van der Waals surface area contributed by atoms with E-state index < -0.39 is 11.6 Å². The van der Waals surface area contributed by atoms with E-state index in [9.17, 15) is 9.59 Å². The second-order valence-corrected chi connectivity index (χ2v) is 5.32. The van der Waals surface area contributed by atoms with Crippen LogP contribution < -0.4 is 0 Å². The van der Waals surface area contributed by atoms with Crippen LogP contribution in [0.3, 0.4) is 0 Å². The fraction of sp³-hybridized carbons (Fsp3) is 0.364. The molecule has 0 saturated heterocycles. The molecule has 0 unspecified atom stereocenters. The Balaban J connectivity index is 0.000000511. The summed E-state index contributed by atoms with van der Waals surface area (Å²) in [6, 6.07) is 17.2. The van der Waals surface area contributed by atoms with E-state index in [0.29, 0.717) is 11.1 Å². The van der Waals surface area contributed by atoms with Crippen molar-refractivity contribution < 1.29 is 29.3 Å². The fourth-order valence-electron chi connectivity index (χ4n) is 1.96. The molecule has 2 N–H and O–H groups in total. The minimum Gasteiger partial charge on any atom is -0.394 e. The van der Waals surface area contributed by atoms with Crippen LogP contribution in [0, 0.1) is 0 Å². The SMILES string of the molecule is CCOC(C)OCC.O=C(C(=O)c1ccccc1)c1ccccc1.OCCO. The van der Waals surface area contributed by atoms with Gasteiger partial charge < -0.3 is 19.7 Å². The van der Waals surface area contributed by atoms with Gasteiger partial charge in [-0.05, 0) is 20.8 Å². The highest BCUT2D eigenvalue weighted by molar-refractivity contribution is 6.49. The first-order chi connectivity index (χ1) is 13.5. The molecular weight excluding hydrogens is 360 g/mol. The van der Waals surface area contributed by atoms with E-state index in [1.54, 1.807) is 48.5 Å². The molecule has 0 amide bonds. The van der Waals surface area contributed by atoms with Crippen molar-refractivity contribution in [3.63, 3.8) is 0 Å². The van der Waals surface area contributed by atoms with Gasteiger partial charge in [-0.1, -0.05) is 60.7 Å². The summed E-state index contributed by atoms with van der Waals surface area (Å²) in [7, 11) is 0. The van der Waals surface area contributed by atoms with E-state index in [-0.39, 0.29) is 19.5 Å². The van der Waals surface area contributed by atoms with Crippen molar-refractivity contribution >= 4 is 11.6 Å². The molecule has 0 spiro atoms. The number of benzene rings is 2. The summed E-state index contributed by atoms with van der Waals surface area (Å²) < 4.78 is 10.1. The van der Waals surface area contributed by atoms with E-state index in [4.69, 9.17) is 19.7 Å². The van der Waals surface area contributed by atoms with Gasteiger partial charge in [0.2, 0.25) is 11.6 Å². The Bertz CT molecular complexity index is 585. The zero-order valence-electron chi connectivity index (χ0n) is 16.7. The van der Waals surface area contributed by atoms with Crippen molar-refractivity contribution in [3.8, 4) is 0 Å². The van der Waals surface area contributed by atoms with Crippen LogP contribution in [-0.4, -0.2) is 54.5 Å². The first-order valence-corrected chi connectivity index (χ1v) is 9.15. The number of rotatable bonds is 8. The summed E-state index contributed by atoms with van der Waals surface area (Å²) in [5.41, 5.74) is 0.854. The number of Topliss-reactive ketones (excluding diaryl/α,β-unsaturated/α-hetero) is 2.